The van der Waals surface area contributed by atoms with Gasteiger partial charge in [0, 0.05) is 30.8 Å². The summed E-state index contributed by atoms with van der Waals surface area (Å²) in [7, 11) is 0. The average molecular weight is 641 g/mol. The van der Waals surface area contributed by atoms with E-state index in [1.165, 1.54) is 23.8 Å². The lowest BCUT2D eigenvalue weighted by molar-refractivity contribution is 0.0715. The summed E-state index contributed by atoms with van der Waals surface area (Å²) in [5.74, 6) is -0.331. The first-order valence-corrected chi connectivity index (χ1v) is 16.3. The molecule has 1 saturated heterocycles. The first-order chi connectivity index (χ1) is 22.5. The second-order valence-corrected chi connectivity index (χ2v) is 13.5. The molecule has 1 fully saturated rings. The van der Waals surface area contributed by atoms with Gasteiger partial charge in [-0.05, 0) is 72.1 Å². The zero-order chi connectivity index (χ0) is 33.6. The highest BCUT2D eigenvalue weighted by Crippen LogP contribution is 2.33. The molecule has 5 rings (SSSR count). The summed E-state index contributed by atoms with van der Waals surface area (Å²) in [4.78, 5) is 33.5. The van der Waals surface area contributed by atoms with Crippen LogP contribution < -0.4 is 10.6 Å². The van der Waals surface area contributed by atoms with Crippen molar-refractivity contribution in [3.63, 3.8) is 0 Å². The lowest BCUT2D eigenvalue weighted by atomic mass is 9.86. The lowest BCUT2D eigenvalue weighted by Crippen LogP contribution is -2.48. The summed E-state index contributed by atoms with van der Waals surface area (Å²) < 4.78 is 19.7. The minimum absolute atomic E-state index is 0.0243. The molecule has 2 amide bonds. The zero-order valence-corrected chi connectivity index (χ0v) is 27.6. The van der Waals surface area contributed by atoms with Crippen LogP contribution in [0.4, 0.5) is 4.39 Å². The van der Waals surface area contributed by atoms with Crippen LogP contribution in [0.2, 0.25) is 0 Å². The first kappa shape index (κ1) is 34.0. The van der Waals surface area contributed by atoms with Crippen LogP contribution in [0, 0.1) is 6.92 Å². The van der Waals surface area contributed by atoms with Crippen molar-refractivity contribution in [2.45, 2.75) is 83.8 Å². The Kier molecular flexibility index (Phi) is 10.9. The molecule has 9 heteroatoms. The molecule has 0 radical (unpaired) electrons. The molecular formula is C38H45FN4O4. The number of likely N-dealkylation sites (tertiary alicyclic amines) is 1. The summed E-state index contributed by atoms with van der Waals surface area (Å²) in [6.07, 6.45) is 2.50. The van der Waals surface area contributed by atoms with Gasteiger partial charge >= 0.3 is 0 Å². The van der Waals surface area contributed by atoms with E-state index in [0.717, 1.165) is 23.2 Å². The highest BCUT2D eigenvalue weighted by Gasteiger charge is 2.34. The first-order valence-electron chi connectivity index (χ1n) is 16.3. The largest absolute Gasteiger partial charge is 0.446 e. The molecule has 2 heterocycles. The SMILES string of the molecule is Cc1coc([C@H]2CCCN2C(=O)c2cc(CF)cc(C(=O)N[C@@H](Cc3ccccc3)[C@@H](O)CNCc3cccc(C(C)(C)C)c3)c2)n1. The predicted molar refractivity (Wildman–Crippen MR) is 180 cm³/mol. The number of carbonyl (C=O) groups is 2. The Morgan fingerprint density at radius 3 is 2.47 bits per heavy atom. The van der Waals surface area contributed by atoms with Crippen LogP contribution in [-0.2, 0) is 25.1 Å². The van der Waals surface area contributed by atoms with Crippen molar-refractivity contribution in [1.29, 1.82) is 0 Å². The molecule has 0 aliphatic carbocycles. The normalized spacial score (nSPS) is 16.2. The van der Waals surface area contributed by atoms with E-state index in [4.69, 9.17) is 4.42 Å². The number of hydrogen-bond donors (Lipinski definition) is 3. The molecule has 0 bridgehead atoms. The fourth-order valence-electron chi connectivity index (χ4n) is 6.04. The van der Waals surface area contributed by atoms with Gasteiger partial charge in [0.25, 0.3) is 11.8 Å². The summed E-state index contributed by atoms with van der Waals surface area (Å²) in [6, 6.07) is 21.5. The van der Waals surface area contributed by atoms with Gasteiger partial charge in [-0.3, -0.25) is 9.59 Å². The van der Waals surface area contributed by atoms with Gasteiger partial charge in [-0.1, -0.05) is 75.4 Å². The minimum Gasteiger partial charge on any atom is -0.446 e. The molecular weight excluding hydrogens is 595 g/mol. The van der Waals surface area contributed by atoms with Crippen LogP contribution in [0.5, 0.6) is 0 Å². The molecule has 3 aromatic carbocycles. The molecule has 0 saturated carbocycles. The average Bonchev–Trinajstić information content (AvgIpc) is 3.73. The number of benzene rings is 3. The zero-order valence-electron chi connectivity index (χ0n) is 27.6. The molecule has 4 aromatic rings. The van der Waals surface area contributed by atoms with Gasteiger partial charge in [-0.2, -0.15) is 0 Å². The Balaban J connectivity index is 1.31. The Bertz CT molecular complexity index is 1670. The van der Waals surface area contributed by atoms with Gasteiger partial charge in [0.15, 0.2) is 0 Å². The molecule has 1 aliphatic heterocycles. The number of halogens is 1. The number of hydrogen-bond acceptors (Lipinski definition) is 6. The van der Waals surface area contributed by atoms with E-state index in [9.17, 15) is 19.1 Å². The van der Waals surface area contributed by atoms with Gasteiger partial charge in [-0.25, -0.2) is 9.37 Å². The summed E-state index contributed by atoms with van der Waals surface area (Å²) >= 11 is 0. The van der Waals surface area contributed by atoms with Gasteiger partial charge in [-0.15, -0.1) is 0 Å². The highest BCUT2D eigenvalue weighted by molar-refractivity contribution is 6.00. The fourth-order valence-corrected chi connectivity index (χ4v) is 6.04. The number of amides is 2. The van der Waals surface area contributed by atoms with Gasteiger partial charge < -0.3 is 25.1 Å². The number of alkyl halides is 1. The van der Waals surface area contributed by atoms with E-state index in [2.05, 4.69) is 48.5 Å². The molecule has 3 N–H and O–H groups in total. The number of carbonyl (C=O) groups excluding carboxylic acids is 2. The third kappa shape index (κ3) is 8.73. The van der Waals surface area contributed by atoms with E-state index >= 15 is 0 Å². The van der Waals surface area contributed by atoms with Gasteiger partial charge in [0.05, 0.1) is 17.8 Å². The number of aromatic nitrogens is 1. The van der Waals surface area contributed by atoms with Crippen molar-refractivity contribution in [2.75, 3.05) is 13.1 Å². The third-order valence-electron chi connectivity index (χ3n) is 8.65. The Labute approximate surface area is 276 Å². The molecule has 47 heavy (non-hydrogen) atoms. The number of aryl methyl sites for hydroxylation is 1. The van der Waals surface area contributed by atoms with Crippen molar-refractivity contribution in [3.05, 3.63) is 124 Å². The number of oxazole rings is 1. The summed E-state index contributed by atoms with van der Waals surface area (Å²) in [6.45, 7) is 8.81. The van der Waals surface area contributed by atoms with Crippen molar-refractivity contribution in [1.82, 2.24) is 20.5 Å². The van der Waals surface area contributed by atoms with E-state index in [1.54, 1.807) is 11.2 Å². The predicted octanol–water partition coefficient (Wildman–Crippen LogP) is 6.22. The van der Waals surface area contributed by atoms with E-state index in [0.29, 0.717) is 31.8 Å². The van der Waals surface area contributed by atoms with E-state index in [-0.39, 0.29) is 40.6 Å². The molecule has 248 valence electrons. The number of rotatable bonds is 12. The fraction of sp³-hybridized carbons (Fsp3) is 0.395. The van der Waals surface area contributed by atoms with Crippen LogP contribution in [0.1, 0.15) is 94.2 Å². The third-order valence-corrected chi connectivity index (χ3v) is 8.65. The number of nitrogens with zero attached hydrogens (tertiary/aromatic N) is 2. The maximum atomic E-state index is 14.1. The van der Waals surface area contributed by atoms with Crippen LogP contribution in [0.3, 0.4) is 0 Å². The van der Waals surface area contributed by atoms with Gasteiger partial charge in [0.2, 0.25) is 5.89 Å². The second kappa shape index (κ2) is 15.0. The maximum Gasteiger partial charge on any atom is 0.254 e. The quantitative estimate of drug-likeness (QED) is 0.170. The van der Waals surface area contributed by atoms with E-state index in [1.807, 2.05) is 49.4 Å². The van der Waals surface area contributed by atoms with Crippen molar-refractivity contribution in [3.8, 4) is 0 Å². The number of aliphatic hydroxyl groups excluding tert-OH is 1. The smallest absolute Gasteiger partial charge is 0.254 e. The number of aliphatic hydroxyl groups is 1. The summed E-state index contributed by atoms with van der Waals surface area (Å²) in [5, 5.41) is 17.7. The van der Waals surface area contributed by atoms with Crippen LogP contribution in [0.25, 0.3) is 0 Å². The lowest BCUT2D eigenvalue weighted by Gasteiger charge is -2.26. The highest BCUT2D eigenvalue weighted by atomic mass is 19.1. The standard InChI is InChI=1S/C38H45FN4O4/c1-25-24-47-36(41-25)33-14-9-15-43(33)37(46)30-17-28(21-39)16-29(20-30)35(45)42-32(19-26-10-6-5-7-11-26)34(44)23-40-22-27-12-8-13-31(18-27)38(2,3)4/h5-8,10-13,16-18,20,24,32-34,40,44H,9,14-15,19,21-23H2,1-4H3,(H,42,45)/t32-,33+,34-/m0/s1. The molecule has 1 aliphatic rings. The molecule has 3 atom stereocenters. The Hall–Kier alpha value is -4.34. The molecule has 1 aromatic heterocycles. The molecule has 8 nitrogen and oxygen atoms in total. The topological polar surface area (TPSA) is 108 Å². The Morgan fingerprint density at radius 1 is 1.02 bits per heavy atom. The molecule has 0 spiro atoms. The summed E-state index contributed by atoms with van der Waals surface area (Å²) in [5.41, 5.74) is 4.64. The maximum absolute atomic E-state index is 14.1. The van der Waals surface area contributed by atoms with Crippen LogP contribution in [0.15, 0.2) is 83.5 Å². The van der Waals surface area contributed by atoms with Crippen molar-refractivity contribution < 1.29 is 23.5 Å². The van der Waals surface area contributed by atoms with Crippen molar-refractivity contribution >= 4 is 11.8 Å². The second-order valence-electron chi connectivity index (χ2n) is 13.5. The van der Waals surface area contributed by atoms with E-state index < -0.39 is 24.7 Å². The Morgan fingerprint density at radius 2 is 1.77 bits per heavy atom. The number of nitrogens with one attached hydrogen (secondary N) is 2. The van der Waals surface area contributed by atoms with Gasteiger partial charge in [0.1, 0.15) is 19.0 Å². The van der Waals surface area contributed by atoms with Crippen LogP contribution in [-0.4, -0.2) is 52.0 Å². The molecule has 0 unspecified atom stereocenters. The van der Waals surface area contributed by atoms with Crippen LogP contribution >= 0.6 is 0 Å². The minimum atomic E-state index is -0.926. The monoisotopic (exact) mass is 640 g/mol. The van der Waals surface area contributed by atoms with Crippen molar-refractivity contribution in [2.24, 2.45) is 0 Å².